The zero-order chi connectivity index (χ0) is 19.6. The second kappa shape index (κ2) is 12.3. The number of nitrogens with zero attached hydrogens (tertiary/aromatic N) is 1. The van der Waals surface area contributed by atoms with Crippen molar-refractivity contribution in [2.75, 3.05) is 26.7 Å². The largest absolute Gasteiger partial charge is 0.459 e. The van der Waals surface area contributed by atoms with Crippen LogP contribution in [-0.4, -0.2) is 38.5 Å². The van der Waals surface area contributed by atoms with E-state index in [0.717, 1.165) is 17.7 Å². The third-order valence-corrected chi connectivity index (χ3v) is 3.92. The number of hydrogen-bond donors (Lipinski definition) is 3. The van der Waals surface area contributed by atoms with Gasteiger partial charge >= 0.3 is 0 Å². The van der Waals surface area contributed by atoms with E-state index in [1.807, 2.05) is 6.92 Å². The number of aliphatic imine (C=N–C) groups is 1. The molecule has 0 atom stereocenters. The van der Waals surface area contributed by atoms with Crippen LogP contribution in [0.3, 0.4) is 0 Å². The third kappa shape index (κ3) is 7.45. The third-order valence-electron chi connectivity index (χ3n) is 3.92. The Kier molecular flexibility index (Phi) is 10.5. The van der Waals surface area contributed by atoms with Crippen LogP contribution in [-0.2, 0) is 6.42 Å². The van der Waals surface area contributed by atoms with Gasteiger partial charge < -0.3 is 20.4 Å². The van der Waals surface area contributed by atoms with Crippen molar-refractivity contribution in [3.63, 3.8) is 0 Å². The molecular formula is C19H25F2IN4O2. The lowest BCUT2D eigenvalue weighted by Gasteiger charge is -2.12. The molecule has 28 heavy (non-hydrogen) atoms. The summed E-state index contributed by atoms with van der Waals surface area (Å²) in [6, 6.07) is 5.15. The molecule has 0 spiro atoms. The predicted molar refractivity (Wildman–Crippen MR) is 115 cm³/mol. The van der Waals surface area contributed by atoms with Gasteiger partial charge in [0.15, 0.2) is 11.7 Å². The van der Waals surface area contributed by atoms with Gasteiger partial charge in [-0.1, -0.05) is 0 Å². The van der Waals surface area contributed by atoms with E-state index in [1.165, 1.54) is 12.3 Å². The minimum Gasteiger partial charge on any atom is -0.459 e. The molecule has 0 saturated carbocycles. The van der Waals surface area contributed by atoms with E-state index in [4.69, 9.17) is 4.42 Å². The highest BCUT2D eigenvalue weighted by molar-refractivity contribution is 14.0. The summed E-state index contributed by atoms with van der Waals surface area (Å²) in [5.74, 6) is -0.244. The lowest BCUT2D eigenvalue weighted by molar-refractivity contribution is 0.0925. The van der Waals surface area contributed by atoms with Gasteiger partial charge in [0, 0.05) is 32.2 Å². The number of benzene rings is 1. The first-order chi connectivity index (χ1) is 13.0. The van der Waals surface area contributed by atoms with Gasteiger partial charge in [-0.25, -0.2) is 8.78 Å². The maximum atomic E-state index is 13.6. The molecule has 154 valence electrons. The predicted octanol–water partition coefficient (Wildman–Crippen LogP) is 3.01. The van der Waals surface area contributed by atoms with Crippen molar-refractivity contribution in [2.24, 2.45) is 4.99 Å². The second-order valence-corrected chi connectivity index (χ2v) is 5.95. The summed E-state index contributed by atoms with van der Waals surface area (Å²) in [7, 11) is 1.62. The van der Waals surface area contributed by atoms with Crippen LogP contribution in [0.25, 0.3) is 0 Å². The molecule has 1 amide bonds. The average molecular weight is 506 g/mol. The summed E-state index contributed by atoms with van der Waals surface area (Å²) in [6.45, 7) is 3.29. The van der Waals surface area contributed by atoms with Crippen molar-refractivity contribution in [1.82, 2.24) is 16.0 Å². The first-order valence-corrected chi connectivity index (χ1v) is 8.72. The molecule has 1 heterocycles. The van der Waals surface area contributed by atoms with Crippen molar-refractivity contribution >= 4 is 35.8 Å². The Morgan fingerprint density at radius 2 is 1.82 bits per heavy atom. The molecular weight excluding hydrogens is 481 g/mol. The SMILES string of the molecule is CN=C(NCCCNC(=O)c1occc1C)NCCc1cc(F)ccc1F.I. The first-order valence-electron chi connectivity index (χ1n) is 8.72. The van der Waals surface area contributed by atoms with Crippen molar-refractivity contribution < 1.29 is 18.0 Å². The first kappa shape index (κ1) is 23.9. The number of rotatable bonds is 8. The quantitative estimate of drug-likeness (QED) is 0.223. The lowest BCUT2D eigenvalue weighted by atomic mass is 10.1. The zero-order valence-electron chi connectivity index (χ0n) is 15.9. The fourth-order valence-corrected chi connectivity index (χ4v) is 2.45. The van der Waals surface area contributed by atoms with E-state index in [0.29, 0.717) is 49.8 Å². The number of carbonyl (C=O) groups excluding carboxylic acids is 1. The molecule has 0 saturated heterocycles. The summed E-state index contributed by atoms with van der Waals surface area (Å²) in [6.07, 6.45) is 2.50. The van der Waals surface area contributed by atoms with Gasteiger partial charge in [-0.2, -0.15) is 0 Å². The number of amides is 1. The molecule has 1 aromatic carbocycles. The van der Waals surface area contributed by atoms with Gasteiger partial charge in [-0.05, 0) is 49.6 Å². The molecule has 0 bridgehead atoms. The molecule has 2 rings (SSSR count). The van der Waals surface area contributed by atoms with Crippen molar-refractivity contribution in [3.05, 3.63) is 59.1 Å². The highest BCUT2D eigenvalue weighted by atomic mass is 127. The van der Waals surface area contributed by atoms with Gasteiger partial charge in [-0.15, -0.1) is 24.0 Å². The van der Waals surface area contributed by atoms with Crippen molar-refractivity contribution in [2.45, 2.75) is 19.8 Å². The zero-order valence-corrected chi connectivity index (χ0v) is 18.2. The maximum absolute atomic E-state index is 13.6. The van der Waals surface area contributed by atoms with Gasteiger partial charge in [-0.3, -0.25) is 9.79 Å². The van der Waals surface area contributed by atoms with Gasteiger partial charge in [0.1, 0.15) is 11.6 Å². The molecule has 2 aromatic rings. The van der Waals surface area contributed by atoms with E-state index >= 15 is 0 Å². The standard InChI is InChI=1S/C19H24F2N4O2.HI/c1-13-7-11-27-17(13)18(26)23-8-3-9-24-19(22-2)25-10-6-14-12-15(20)4-5-16(14)21;/h4-5,7,11-12H,3,6,8-10H2,1-2H3,(H,23,26)(H2,22,24,25);1H. The van der Waals surface area contributed by atoms with Gasteiger partial charge in [0.25, 0.3) is 5.91 Å². The molecule has 3 N–H and O–H groups in total. The van der Waals surface area contributed by atoms with E-state index in [-0.39, 0.29) is 29.9 Å². The Hall–Kier alpha value is -2.17. The molecule has 9 heteroatoms. The van der Waals surface area contributed by atoms with E-state index in [2.05, 4.69) is 20.9 Å². The summed E-state index contributed by atoms with van der Waals surface area (Å²) >= 11 is 0. The molecule has 6 nitrogen and oxygen atoms in total. The number of aryl methyl sites for hydroxylation is 1. The molecule has 0 aliphatic carbocycles. The molecule has 0 aliphatic heterocycles. The number of furan rings is 1. The number of carbonyl (C=O) groups is 1. The van der Waals surface area contributed by atoms with Crippen LogP contribution in [0.4, 0.5) is 8.78 Å². The van der Waals surface area contributed by atoms with Crippen LogP contribution < -0.4 is 16.0 Å². The Morgan fingerprint density at radius 3 is 2.50 bits per heavy atom. The van der Waals surface area contributed by atoms with E-state index in [1.54, 1.807) is 13.1 Å². The Balaban J connectivity index is 0.00000392. The highest BCUT2D eigenvalue weighted by Gasteiger charge is 2.11. The Bertz CT molecular complexity index is 796. The van der Waals surface area contributed by atoms with Crippen LogP contribution in [0.15, 0.2) is 39.9 Å². The maximum Gasteiger partial charge on any atom is 0.287 e. The molecule has 0 radical (unpaired) electrons. The Labute approximate surface area is 180 Å². The summed E-state index contributed by atoms with van der Waals surface area (Å²) in [4.78, 5) is 16.0. The second-order valence-electron chi connectivity index (χ2n) is 5.95. The monoisotopic (exact) mass is 506 g/mol. The number of halogens is 3. The topological polar surface area (TPSA) is 78.7 Å². The normalized spacial score (nSPS) is 10.9. The van der Waals surface area contributed by atoms with Crippen molar-refractivity contribution in [1.29, 1.82) is 0 Å². The van der Waals surface area contributed by atoms with Crippen LogP contribution >= 0.6 is 24.0 Å². The minimum absolute atomic E-state index is 0. The van der Waals surface area contributed by atoms with Gasteiger partial charge in [0.2, 0.25) is 0 Å². The van der Waals surface area contributed by atoms with Crippen LogP contribution in [0.2, 0.25) is 0 Å². The van der Waals surface area contributed by atoms with Crippen molar-refractivity contribution in [3.8, 4) is 0 Å². The molecule has 0 fully saturated rings. The number of nitrogens with one attached hydrogen (secondary N) is 3. The fourth-order valence-electron chi connectivity index (χ4n) is 2.45. The van der Waals surface area contributed by atoms with E-state index < -0.39 is 11.6 Å². The summed E-state index contributed by atoms with van der Waals surface area (Å²) in [5, 5.41) is 8.92. The summed E-state index contributed by atoms with van der Waals surface area (Å²) < 4.78 is 31.9. The molecule has 1 aromatic heterocycles. The van der Waals surface area contributed by atoms with Gasteiger partial charge in [0.05, 0.1) is 6.26 Å². The van der Waals surface area contributed by atoms with Crippen LogP contribution in [0.1, 0.15) is 28.1 Å². The smallest absolute Gasteiger partial charge is 0.287 e. The number of hydrogen-bond acceptors (Lipinski definition) is 3. The number of guanidine groups is 1. The van der Waals surface area contributed by atoms with Crippen LogP contribution in [0.5, 0.6) is 0 Å². The Morgan fingerprint density at radius 1 is 1.11 bits per heavy atom. The van der Waals surface area contributed by atoms with E-state index in [9.17, 15) is 13.6 Å². The lowest BCUT2D eigenvalue weighted by Crippen LogP contribution is -2.39. The van der Waals surface area contributed by atoms with Crippen LogP contribution in [0, 0.1) is 18.6 Å². The molecule has 0 unspecified atom stereocenters. The average Bonchev–Trinajstić information content (AvgIpc) is 3.08. The molecule has 0 aliphatic rings. The highest BCUT2D eigenvalue weighted by Crippen LogP contribution is 2.10. The summed E-state index contributed by atoms with van der Waals surface area (Å²) in [5.41, 5.74) is 1.11. The minimum atomic E-state index is -0.458. The fraction of sp³-hybridized carbons (Fsp3) is 0.368.